The topological polar surface area (TPSA) is 39.8 Å². The first kappa shape index (κ1) is 16.1. The van der Waals surface area contributed by atoms with Crippen LogP contribution in [0.15, 0.2) is 41.7 Å². The fourth-order valence-electron chi connectivity index (χ4n) is 3.21. The van der Waals surface area contributed by atoms with Crippen molar-refractivity contribution in [3.63, 3.8) is 0 Å². The maximum absolute atomic E-state index is 13.0. The first-order chi connectivity index (χ1) is 10.7. The van der Waals surface area contributed by atoms with Crippen molar-refractivity contribution in [2.75, 3.05) is 5.75 Å². The van der Waals surface area contributed by atoms with E-state index >= 15 is 0 Å². The van der Waals surface area contributed by atoms with Gasteiger partial charge in [-0.3, -0.25) is 4.79 Å². The number of benzene rings is 1. The van der Waals surface area contributed by atoms with Gasteiger partial charge in [-0.2, -0.15) is 0 Å². The standard InChI is InChI=1S/C17H17N3OS.ClH/c1-11-18-7-8-20(11)9-12-10-22-17-15(16(12)21)13-5-3-4-6-14(13)19(17)2;/h3-8,12H,9-10H2,1-2H3;1H. The van der Waals surface area contributed by atoms with Gasteiger partial charge in [-0.15, -0.1) is 24.2 Å². The number of hydrogen-bond acceptors (Lipinski definition) is 3. The second-order valence-electron chi connectivity index (χ2n) is 5.76. The van der Waals surface area contributed by atoms with E-state index in [4.69, 9.17) is 0 Å². The van der Waals surface area contributed by atoms with E-state index in [9.17, 15) is 4.79 Å². The molecule has 0 spiro atoms. The SMILES string of the molecule is Cc1nccn1CC1CSc2c(c3ccccc3n2C)C1=O.Cl. The molecule has 0 fully saturated rings. The largest absolute Gasteiger partial charge is 0.338 e. The van der Waals surface area contributed by atoms with E-state index in [0.29, 0.717) is 6.54 Å². The van der Waals surface area contributed by atoms with Crippen molar-refractivity contribution in [2.45, 2.75) is 18.5 Å². The van der Waals surface area contributed by atoms with Gasteiger partial charge in [0.05, 0.1) is 10.6 Å². The Hall–Kier alpha value is -1.72. The first-order valence-electron chi connectivity index (χ1n) is 7.39. The van der Waals surface area contributed by atoms with Gasteiger partial charge in [0.2, 0.25) is 0 Å². The molecule has 3 aromatic rings. The number of Topliss-reactive ketones (excluding diaryl/α,β-unsaturated/α-hetero) is 1. The Labute approximate surface area is 145 Å². The molecule has 4 nitrogen and oxygen atoms in total. The van der Waals surface area contributed by atoms with Crippen LogP contribution in [-0.4, -0.2) is 25.7 Å². The number of hydrogen-bond donors (Lipinski definition) is 0. The highest BCUT2D eigenvalue weighted by molar-refractivity contribution is 7.99. The Morgan fingerprint density at radius 3 is 2.87 bits per heavy atom. The van der Waals surface area contributed by atoms with E-state index in [0.717, 1.165) is 33.1 Å². The number of ketones is 1. The van der Waals surface area contributed by atoms with E-state index in [-0.39, 0.29) is 24.1 Å². The summed E-state index contributed by atoms with van der Waals surface area (Å²) in [6.45, 7) is 2.68. The number of rotatable bonds is 2. The lowest BCUT2D eigenvalue weighted by Crippen LogP contribution is -2.27. The zero-order valence-electron chi connectivity index (χ0n) is 13.0. The number of carbonyl (C=O) groups is 1. The molecule has 1 aliphatic heterocycles. The molecule has 0 saturated carbocycles. The van der Waals surface area contributed by atoms with Gasteiger partial charge in [-0.05, 0) is 13.0 Å². The minimum absolute atomic E-state index is 0. The normalized spacial score (nSPS) is 17.1. The van der Waals surface area contributed by atoms with Crippen LogP contribution in [0.4, 0.5) is 0 Å². The van der Waals surface area contributed by atoms with Gasteiger partial charge in [0, 0.05) is 48.6 Å². The Kier molecular flexibility index (Phi) is 4.25. The predicted octanol–water partition coefficient (Wildman–Crippen LogP) is 3.71. The van der Waals surface area contributed by atoms with E-state index in [1.807, 2.05) is 32.3 Å². The first-order valence-corrected chi connectivity index (χ1v) is 8.37. The highest BCUT2D eigenvalue weighted by Gasteiger charge is 2.32. The molecule has 120 valence electrons. The van der Waals surface area contributed by atoms with Crippen molar-refractivity contribution in [3.8, 4) is 0 Å². The molecule has 4 rings (SSSR count). The Morgan fingerprint density at radius 1 is 1.35 bits per heavy atom. The number of para-hydroxylation sites is 1. The average molecular weight is 348 g/mol. The van der Waals surface area contributed by atoms with Crippen molar-refractivity contribution >= 4 is 40.9 Å². The second kappa shape index (κ2) is 6.06. The summed E-state index contributed by atoms with van der Waals surface area (Å²) in [6.07, 6.45) is 3.74. The van der Waals surface area contributed by atoms with Gasteiger partial charge >= 0.3 is 0 Å². The summed E-state index contributed by atoms with van der Waals surface area (Å²) in [4.78, 5) is 17.3. The number of carbonyl (C=O) groups excluding carboxylic acids is 1. The molecule has 3 heterocycles. The summed E-state index contributed by atoms with van der Waals surface area (Å²) >= 11 is 1.79. The molecular formula is C17H18ClN3OS. The monoisotopic (exact) mass is 347 g/mol. The quantitative estimate of drug-likeness (QED) is 0.709. The summed E-state index contributed by atoms with van der Waals surface area (Å²) in [5.41, 5.74) is 2.03. The number of fused-ring (bicyclic) bond motifs is 3. The molecule has 6 heteroatoms. The van der Waals surface area contributed by atoms with Crippen LogP contribution in [0.1, 0.15) is 16.2 Å². The minimum Gasteiger partial charge on any atom is -0.338 e. The smallest absolute Gasteiger partial charge is 0.171 e. The maximum Gasteiger partial charge on any atom is 0.171 e. The van der Waals surface area contributed by atoms with Crippen LogP contribution in [0, 0.1) is 12.8 Å². The lowest BCUT2D eigenvalue weighted by Gasteiger charge is -2.22. The summed E-state index contributed by atoms with van der Waals surface area (Å²) in [6, 6.07) is 8.16. The number of nitrogens with zero attached hydrogens (tertiary/aromatic N) is 3. The van der Waals surface area contributed by atoms with Crippen LogP contribution in [0.5, 0.6) is 0 Å². The average Bonchev–Trinajstić information content (AvgIpc) is 3.05. The van der Waals surface area contributed by atoms with E-state index in [1.165, 1.54) is 0 Å². The Balaban J connectivity index is 0.00000156. The van der Waals surface area contributed by atoms with Gasteiger partial charge in [0.1, 0.15) is 5.82 Å². The van der Waals surface area contributed by atoms with E-state index in [2.05, 4.69) is 26.3 Å². The second-order valence-corrected chi connectivity index (χ2v) is 6.76. The molecular weight excluding hydrogens is 330 g/mol. The number of aromatic nitrogens is 3. The van der Waals surface area contributed by atoms with Crippen LogP contribution < -0.4 is 0 Å². The summed E-state index contributed by atoms with van der Waals surface area (Å²) in [7, 11) is 2.04. The molecule has 1 aromatic carbocycles. The molecule has 0 amide bonds. The van der Waals surface area contributed by atoms with Gasteiger partial charge in [0.15, 0.2) is 5.78 Å². The van der Waals surface area contributed by atoms with Crippen LogP contribution in [0.2, 0.25) is 0 Å². The Bertz CT molecular complexity index is 883. The fourth-order valence-corrected chi connectivity index (χ4v) is 4.47. The van der Waals surface area contributed by atoms with E-state index in [1.54, 1.807) is 18.0 Å². The van der Waals surface area contributed by atoms with Crippen LogP contribution >= 0.6 is 24.2 Å². The predicted molar refractivity (Wildman–Crippen MR) is 95.7 cm³/mol. The van der Waals surface area contributed by atoms with E-state index < -0.39 is 0 Å². The third-order valence-corrected chi connectivity index (χ3v) is 5.75. The van der Waals surface area contributed by atoms with Crippen LogP contribution in [0.25, 0.3) is 10.9 Å². The third-order valence-electron chi connectivity index (χ3n) is 4.43. The molecule has 1 atom stereocenters. The van der Waals surface area contributed by atoms with Crippen molar-refractivity contribution in [3.05, 3.63) is 48.0 Å². The van der Waals surface area contributed by atoms with Crippen molar-refractivity contribution < 1.29 is 4.79 Å². The third kappa shape index (κ3) is 2.48. The molecule has 0 saturated heterocycles. The highest BCUT2D eigenvalue weighted by atomic mass is 35.5. The van der Waals surface area contributed by atoms with Crippen molar-refractivity contribution in [1.29, 1.82) is 0 Å². The van der Waals surface area contributed by atoms with Crippen molar-refractivity contribution in [2.24, 2.45) is 13.0 Å². The molecule has 1 aliphatic rings. The molecule has 2 aromatic heterocycles. The number of halogens is 1. The van der Waals surface area contributed by atoms with Gasteiger partial charge in [0.25, 0.3) is 0 Å². The van der Waals surface area contributed by atoms with Crippen LogP contribution in [-0.2, 0) is 13.6 Å². The molecule has 0 N–H and O–H groups in total. The highest BCUT2D eigenvalue weighted by Crippen LogP contribution is 2.39. The Morgan fingerprint density at radius 2 is 2.13 bits per heavy atom. The molecule has 1 unspecified atom stereocenters. The zero-order valence-corrected chi connectivity index (χ0v) is 14.7. The maximum atomic E-state index is 13.0. The number of thioether (sulfide) groups is 1. The summed E-state index contributed by atoms with van der Waals surface area (Å²) in [5.74, 6) is 2.06. The van der Waals surface area contributed by atoms with Crippen molar-refractivity contribution in [1.82, 2.24) is 14.1 Å². The minimum atomic E-state index is 0. The number of imidazole rings is 1. The molecule has 23 heavy (non-hydrogen) atoms. The number of aryl methyl sites for hydroxylation is 2. The lowest BCUT2D eigenvalue weighted by molar-refractivity contribution is 0.0916. The molecule has 0 bridgehead atoms. The van der Waals surface area contributed by atoms with Gasteiger partial charge in [-0.1, -0.05) is 18.2 Å². The molecule has 0 radical (unpaired) electrons. The zero-order chi connectivity index (χ0) is 15.3. The van der Waals surface area contributed by atoms with Gasteiger partial charge in [-0.25, -0.2) is 4.98 Å². The lowest BCUT2D eigenvalue weighted by atomic mass is 9.98. The summed E-state index contributed by atoms with van der Waals surface area (Å²) < 4.78 is 4.21. The molecule has 0 aliphatic carbocycles. The van der Waals surface area contributed by atoms with Gasteiger partial charge < -0.3 is 9.13 Å². The fraction of sp³-hybridized carbons (Fsp3) is 0.294. The summed E-state index contributed by atoms with van der Waals surface area (Å²) in [5, 5.41) is 2.18. The van der Waals surface area contributed by atoms with Crippen LogP contribution in [0.3, 0.4) is 0 Å².